The number of nitrogens with zero attached hydrogens (tertiary/aromatic N) is 3. The van der Waals surface area contributed by atoms with Gasteiger partial charge in [0.2, 0.25) is 0 Å². The summed E-state index contributed by atoms with van der Waals surface area (Å²) in [5, 5.41) is 24.9. The SMILES string of the molecule is O=[N+]([O-])c1ccccc1-c1ccc2c3ccc(-c4ccccc4[N+](=O)[O-])cc3[n]([Al])c2c1. The summed E-state index contributed by atoms with van der Waals surface area (Å²) in [4.78, 5) is 22.2. The fourth-order valence-corrected chi connectivity index (χ4v) is 4.56. The molecule has 0 aliphatic heterocycles. The van der Waals surface area contributed by atoms with Gasteiger partial charge in [-0.05, 0) is 35.4 Å². The van der Waals surface area contributed by atoms with Crippen LogP contribution in [-0.2, 0) is 0 Å². The molecule has 1 aromatic heterocycles. The largest absolute Gasteiger partial charge is 0.452 e. The minimum absolute atomic E-state index is 0.0527. The molecule has 4 aromatic carbocycles. The van der Waals surface area contributed by atoms with Gasteiger partial charge in [0.25, 0.3) is 11.4 Å². The third-order valence-electron chi connectivity index (χ3n) is 5.63. The van der Waals surface area contributed by atoms with Crippen LogP contribution in [0.4, 0.5) is 11.4 Å². The number of nitro benzene ring substituents is 2. The highest BCUT2D eigenvalue weighted by Crippen LogP contribution is 2.37. The van der Waals surface area contributed by atoms with E-state index < -0.39 is 0 Å². The van der Waals surface area contributed by atoms with Crippen LogP contribution < -0.4 is 0 Å². The Morgan fingerprint density at radius 1 is 0.625 bits per heavy atom. The van der Waals surface area contributed by atoms with E-state index in [9.17, 15) is 20.2 Å². The minimum Gasteiger partial charge on any atom is -0.452 e. The van der Waals surface area contributed by atoms with E-state index in [-0.39, 0.29) is 21.2 Å². The highest BCUT2D eigenvalue weighted by molar-refractivity contribution is 6.22. The van der Waals surface area contributed by atoms with Crippen molar-refractivity contribution in [2.75, 3.05) is 0 Å². The van der Waals surface area contributed by atoms with Crippen molar-refractivity contribution in [2.45, 2.75) is 0 Å². The van der Waals surface area contributed by atoms with Crippen molar-refractivity contribution in [1.29, 1.82) is 0 Å². The lowest BCUT2D eigenvalue weighted by molar-refractivity contribution is -0.384. The molecule has 0 fully saturated rings. The van der Waals surface area contributed by atoms with Gasteiger partial charge in [-0.15, -0.1) is 0 Å². The Labute approximate surface area is 190 Å². The van der Waals surface area contributed by atoms with Gasteiger partial charge < -0.3 is 3.55 Å². The summed E-state index contributed by atoms with van der Waals surface area (Å²) in [6, 6.07) is 24.8. The molecule has 0 spiro atoms. The van der Waals surface area contributed by atoms with Crippen molar-refractivity contribution in [3.05, 3.63) is 105 Å². The summed E-state index contributed by atoms with van der Waals surface area (Å²) in [5.74, 6) is 0. The molecular weight excluding hydrogens is 421 g/mol. The van der Waals surface area contributed by atoms with Crippen LogP contribution in [0.2, 0.25) is 0 Å². The second-order valence-electron chi connectivity index (χ2n) is 7.38. The number of hydrogen-bond acceptors (Lipinski definition) is 4. The molecule has 5 aromatic rings. The fraction of sp³-hybridized carbons (Fsp3) is 0. The molecule has 0 saturated carbocycles. The molecule has 1 heterocycles. The molecule has 5 rings (SSSR count). The van der Waals surface area contributed by atoms with Gasteiger partial charge >= 0.3 is 16.5 Å². The first-order chi connectivity index (χ1) is 15.5. The standard InChI is InChI=1S/C24H14N3O4.Al/c28-26(29)23-7-3-1-5-17(23)15-9-11-19-20-12-10-16(14-22(20)25-21(19)13-15)18-6-2-4-8-24(18)27(30)31;/h1-14H;/q-1;+1. The first kappa shape index (κ1) is 19.9. The summed E-state index contributed by atoms with van der Waals surface area (Å²) in [7, 11) is 0. The normalized spacial score (nSPS) is 11.1. The molecule has 152 valence electrons. The van der Waals surface area contributed by atoms with Crippen LogP contribution in [0.5, 0.6) is 0 Å². The van der Waals surface area contributed by atoms with Gasteiger partial charge in [0.1, 0.15) is 0 Å². The molecule has 0 unspecified atom stereocenters. The van der Waals surface area contributed by atoms with Gasteiger partial charge in [0.05, 0.1) is 21.0 Å². The van der Waals surface area contributed by atoms with Crippen LogP contribution in [0.3, 0.4) is 0 Å². The van der Waals surface area contributed by atoms with Gasteiger partial charge in [-0.25, -0.2) is 0 Å². The van der Waals surface area contributed by atoms with Gasteiger partial charge in [0, 0.05) is 33.9 Å². The van der Waals surface area contributed by atoms with E-state index in [0.717, 1.165) is 32.9 Å². The predicted octanol–water partition coefficient (Wildman–Crippen LogP) is 5.88. The molecule has 0 aliphatic rings. The van der Waals surface area contributed by atoms with Crippen molar-refractivity contribution in [3.8, 4) is 22.3 Å². The van der Waals surface area contributed by atoms with E-state index in [2.05, 4.69) is 16.5 Å². The van der Waals surface area contributed by atoms with Crippen molar-refractivity contribution in [1.82, 2.24) is 3.55 Å². The summed E-state index contributed by atoms with van der Waals surface area (Å²) < 4.78 is 1.93. The maximum Gasteiger partial charge on any atom is 0.318 e. The van der Waals surface area contributed by atoms with Gasteiger partial charge in [-0.3, -0.25) is 20.2 Å². The van der Waals surface area contributed by atoms with Gasteiger partial charge in [-0.2, -0.15) is 0 Å². The summed E-state index contributed by atoms with van der Waals surface area (Å²) in [6.45, 7) is 0. The van der Waals surface area contributed by atoms with Gasteiger partial charge in [0.15, 0.2) is 0 Å². The Morgan fingerprint density at radius 2 is 1.03 bits per heavy atom. The summed E-state index contributed by atoms with van der Waals surface area (Å²) in [6.07, 6.45) is 0. The smallest absolute Gasteiger partial charge is 0.318 e. The van der Waals surface area contributed by atoms with Crippen LogP contribution in [0, 0.1) is 20.2 Å². The first-order valence-electron chi connectivity index (χ1n) is 9.76. The van der Waals surface area contributed by atoms with E-state index in [1.54, 1.807) is 36.4 Å². The highest BCUT2D eigenvalue weighted by atomic mass is 27.1. The van der Waals surface area contributed by atoms with E-state index in [4.69, 9.17) is 0 Å². The Kier molecular flexibility index (Phi) is 4.74. The first-order valence-corrected chi connectivity index (χ1v) is 10.3. The lowest BCUT2D eigenvalue weighted by Gasteiger charge is -2.06. The number of hydrogen-bond donors (Lipinski definition) is 0. The Hall–Kier alpha value is -3.99. The molecule has 0 aliphatic carbocycles. The quantitative estimate of drug-likeness (QED) is 0.200. The van der Waals surface area contributed by atoms with Gasteiger partial charge in [-0.1, -0.05) is 48.5 Å². The minimum atomic E-state index is -0.380. The zero-order chi connectivity index (χ0) is 22.4. The van der Waals surface area contributed by atoms with Crippen molar-refractivity contribution in [3.63, 3.8) is 0 Å². The van der Waals surface area contributed by atoms with E-state index in [1.165, 1.54) is 12.1 Å². The van der Waals surface area contributed by atoms with Crippen LogP contribution in [0.25, 0.3) is 44.1 Å². The van der Waals surface area contributed by atoms with E-state index in [0.29, 0.717) is 11.1 Å². The van der Waals surface area contributed by atoms with E-state index in [1.807, 2.05) is 39.9 Å². The molecule has 0 N–H and O–H groups in total. The third-order valence-corrected chi connectivity index (χ3v) is 6.18. The number of nitro groups is 2. The Morgan fingerprint density at radius 3 is 1.44 bits per heavy atom. The topological polar surface area (TPSA) is 91.2 Å². The number of benzene rings is 4. The molecule has 32 heavy (non-hydrogen) atoms. The monoisotopic (exact) mass is 435 g/mol. The molecule has 0 amide bonds. The fourth-order valence-electron chi connectivity index (χ4n) is 4.14. The van der Waals surface area contributed by atoms with Crippen molar-refractivity contribution < 1.29 is 9.85 Å². The molecule has 0 atom stereocenters. The number of para-hydroxylation sites is 2. The predicted molar refractivity (Wildman–Crippen MR) is 125 cm³/mol. The number of rotatable bonds is 4. The third kappa shape index (κ3) is 3.14. The maximum atomic E-state index is 11.5. The maximum absolute atomic E-state index is 11.5. The second-order valence-corrected chi connectivity index (χ2v) is 7.90. The summed E-state index contributed by atoms with van der Waals surface area (Å²) in [5.41, 5.74) is 4.48. The molecule has 0 saturated heterocycles. The average molecular weight is 435 g/mol. The van der Waals surface area contributed by atoms with Crippen LogP contribution in [0.1, 0.15) is 0 Å². The average Bonchev–Trinajstić information content (AvgIpc) is 3.10. The molecule has 2 radical (unpaired) electrons. The number of aromatic nitrogens is 1. The van der Waals surface area contributed by atoms with Crippen molar-refractivity contribution >= 4 is 49.7 Å². The molecule has 8 heteroatoms. The highest BCUT2D eigenvalue weighted by Gasteiger charge is 2.18. The second kappa shape index (κ2) is 7.61. The zero-order valence-corrected chi connectivity index (χ0v) is 17.8. The molecular formula is C24H14AlN3O4. The van der Waals surface area contributed by atoms with Crippen LogP contribution in [0.15, 0.2) is 84.9 Å². The lowest BCUT2D eigenvalue weighted by Crippen LogP contribution is -1.94. The van der Waals surface area contributed by atoms with Crippen LogP contribution >= 0.6 is 0 Å². The molecule has 7 nitrogen and oxygen atoms in total. The Bertz CT molecular complexity index is 1440. The van der Waals surface area contributed by atoms with Crippen LogP contribution in [-0.4, -0.2) is 29.9 Å². The Balaban J connectivity index is 1.71. The number of fused-ring (bicyclic) bond motifs is 3. The zero-order valence-electron chi connectivity index (χ0n) is 16.6. The lowest BCUT2D eigenvalue weighted by atomic mass is 10.0. The molecule has 0 bridgehead atoms. The summed E-state index contributed by atoms with van der Waals surface area (Å²) >= 11 is 2.68. The van der Waals surface area contributed by atoms with E-state index >= 15 is 0 Å². The van der Waals surface area contributed by atoms with Crippen molar-refractivity contribution in [2.24, 2.45) is 0 Å².